The number of hydrogen-bond acceptors (Lipinski definition) is 2. The van der Waals surface area contributed by atoms with Crippen LogP contribution in [0, 0.1) is 0 Å². The summed E-state index contributed by atoms with van der Waals surface area (Å²) in [6.45, 7) is 0. The van der Waals surface area contributed by atoms with E-state index in [9.17, 15) is 5.11 Å². The molecule has 1 aromatic heterocycles. The molecule has 2 rings (SSSR count). The summed E-state index contributed by atoms with van der Waals surface area (Å²) in [7, 11) is 0. The van der Waals surface area contributed by atoms with Crippen molar-refractivity contribution in [3.63, 3.8) is 0 Å². The van der Waals surface area contributed by atoms with Crippen LogP contribution < -0.4 is 0 Å². The van der Waals surface area contributed by atoms with Crippen molar-refractivity contribution in [2.75, 3.05) is 0 Å². The Morgan fingerprint density at radius 3 is 2.24 bits per heavy atom. The second-order valence-corrected chi connectivity index (χ2v) is 6.18. The van der Waals surface area contributed by atoms with Crippen LogP contribution in [0.5, 0.6) is 0 Å². The highest BCUT2D eigenvalue weighted by Crippen LogP contribution is 2.33. The quantitative estimate of drug-likeness (QED) is 0.847. The van der Waals surface area contributed by atoms with Crippen molar-refractivity contribution in [2.24, 2.45) is 0 Å². The lowest BCUT2D eigenvalue weighted by molar-refractivity contribution is 0.179. The van der Waals surface area contributed by atoms with Gasteiger partial charge in [-0.3, -0.25) is 0 Å². The highest BCUT2D eigenvalue weighted by Gasteiger charge is 2.16. The molecule has 1 atom stereocenters. The summed E-state index contributed by atoms with van der Waals surface area (Å²) in [4.78, 5) is 0.999. The largest absolute Gasteiger partial charge is 0.388 e. The van der Waals surface area contributed by atoms with E-state index in [1.54, 1.807) is 18.2 Å². The molecule has 1 aromatic carbocycles. The normalized spacial score (nSPS) is 12.7. The Labute approximate surface area is 119 Å². The van der Waals surface area contributed by atoms with Crippen LogP contribution in [0.15, 0.2) is 30.3 Å². The van der Waals surface area contributed by atoms with Crippen molar-refractivity contribution in [2.45, 2.75) is 12.5 Å². The van der Waals surface area contributed by atoms with E-state index in [4.69, 9.17) is 34.8 Å². The van der Waals surface area contributed by atoms with E-state index in [0.29, 0.717) is 26.4 Å². The summed E-state index contributed by atoms with van der Waals surface area (Å²) in [6, 6.07) is 8.88. The third-order valence-electron chi connectivity index (χ3n) is 2.36. The van der Waals surface area contributed by atoms with Crippen LogP contribution in [0.3, 0.4) is 0 Å². The van der Waals surface area contributed by atoms with E-state index < -0.39 is 6.10 Å². The molecule has 2 aromatic rings. The molecule has 0 saturated heterocycles. The zero-order chi connectivity index (χ0) is 12.4. The van der Waals surface area contributed by atoms with Crippen molar-refractivity contribution < 1.29 is 5.11 Å². The van der Waals surface area contributed by atoms with Gasteiger partial charge in [-0.2, -0.15) is 0 Å². The summed E-state index contributed by atoms with van der Waals surface area (Å²) in [5.74, 6) is 0. The summed E-state index contributed by atoms with van der Waals surface area (Å²) in [6.07, 6.45) is -0.258. The fourth-order valence-electron chi connectivity index (χ4n) is 1.58. The Morgan fingerprint density at radius 2 is 1.71 bits per heavy atom. The van der Waals surface area contributed by atoms with Crippen LogP contribution in [0.1, 0.15) is 16.5 Å². The van der Waals surface area contributed by atoms with E-state index in [2.05, 4.69) is 0 Å². The molecule has 0 aliphatic rings. The van der Waals surface area contributed by atoms with Crippen molar-refractivity contribution >= 4 is 46.1 Å². The smallest absolute Gasteiger partial charge is 0.0931 e. The first kappa shape index (κ1) is 13.2. The predicted molar refractivity (Wildman–Crippen MR) is 74.5 cm³/mol. The molecule has 1 nitrogen and oxygen atoms in total. The zero-order valence-corrected chi connectivity index (χ0v) is 11.7. The van der Waals surface area contributed by atoms with Gasteiger partial charge in [-0.1, -0.05) is 40.9 Å². The van der Waals surface area contributed by atoms with Gasteiger partial charge in [0.25, 0.3) is 0 Å². The van der Waals surface area contributed by atoms with Gasteiger partial charge < -0.3 is 5.11 Å². The van der Waals surface area contributed by atoms with E-state index in [1.807, 2.05) is 12.1 Å². The molecule has 0 aliphatic heterocycles. The van der Waals surface area contributed by atoms with Crippen LogP contribution in [-0.2, 0) is 6.42 Å². The second-order valence-electron chi connectivity index (χ2n) is 3.56. The van der Waals surface area contributed by atoms with Gasteiger partial charge >= 0.3 is 0 Å². The lowest BCUT2D eigenvalue weighted by Crippen LogP contribution is -2.02. The van der Waals surface area contributed by atoms with Gasteiger partial charge in [0, 0.05) is 26.9 Å². The summed E-state index contributed by atoms with van der Waals surface area (Å²) < 4.78 is 0.706. The first-order chi connectivity index (χ1) is 8.08. The van der Waals surface area contributed by atoms with E-state index in [-0.39, 0.29) is 0 Å². The third-order valence-corrected chi connectivity index (χ3v) is 4.27. The number of hydrogen-bond donors (Lipinski definition) is 1. The average molecular weight is 308 g/mol. The average Bonchev–Trinajstić information content (AvgIpc) is 2.63. The Bertz CT molecular complexity index is 504. The topological polar surface area (TPSA) is 20.2 Å². The molecule has 0 fully saturated rings. The molecular formula is C12H9Cl3OS. The lowest BCUT2D eigenvalue weighted by atomic mass is 10.1. The Kier molecular flexibility index (Phi) is 4.34. The molecule has 17 heavy (non-hydrogen) atoms. The Balaban J connectivity index is 2.22. The Morgan fingerprint density at radius 1 is 1.06 bits per heavy atom. The van der Waals surface area contributed by atoms with Gasteiger partial charge in [0.1, 0.15) is 0 Å². The van der Waals surface area contributed by atoms with Crippen LogP contribution in [-0.4, -0.2) is 5.11 Å². The molecule has 1 N–H and O–H groups in total. The summed E-state index contributed by atoms with van der Waals surface area (Å²) in [5, 5.41) is 11.1. The number of thiophene rings is 1. The zero-order valence-electron chi connectivity index (χ0n) is 8.66. The minimum Gasteiger partial charge on any atom is -0.388 e. The number of rotatable bonds is 3. The first-order valence-corrected chi connectivity index (χ1v) is 6.89. The number of benzene rings is 1. The SMILES string of the molecule is OC(Cc1ccc(Cl)s1)c1c(Cl)cccc1Cl. The maximum absolute atomic E-state index is 10.1. The molecule has 90 valence electrons. The molecule has 5 heteroatoms. The predicted octanol–water partition coefficient (Wildman–Crippen LogP) is 4.98. The standard InChI is InChI=1S/C12H9Cl3OS/c13-8-2-1-3-9(14)12(8)10(16)6-7-4-5-11(15)17-7/h1-5,10,16H,6H2. The summed E-state index contributed by atoms with van der Waals surface area (Å²) >= 11 is 19.3. The van der Waals surface area contributed by atoms with Crippen molar-refractivity contribution in [3.8, 4) is 0 Å². The van der Waals surface area contributed by atoms with Crippen molar-refractivity contribution in [1.29, 1.82) is 0 Å². The van der Waals surface area contributed by atoms with Crippen LogP contribution in [0.25, 0.3) is 0 Å². The van der Waals surface area contributed by atoms with Gasteiger partial charge in [-0.15, -0.1) is 11.3 Å². The molecule has 1 unspecified atom stereocenters. The number of halogens is 3. The highest BCUT2D eigenvalue weighted by atomic mass is 35.5. The van der Waals surface area contributed by atoms with Gasteiger partial charge in [0.05, 0.1) is 10.4 Å². The molecule has 0 spiro atoms. The molecular weight excluding hydrogens is 299 g/mol. The Hall–Kier alpha value is -0.250. The maximum Gasteiger partial charge on any atom is 0.0931 e. The second kappa shape index (κ2) is 5.59. The monoisotopic (exact) mass is 306 g/mol. The van der Waals surface area contributed by atoms with Crippen LogP contribution in [0.2, 0.25) is 14.4 Å². The van der Waals surface area contributed by atoms with E-state index >= 15 is 0 Å². The van der Waals surface area contributed by atoms with Crippen LogP contribution >= 0.6 is 46.1 Å². The van der Waals surface area contributed by atoms with Gasteiger partial charge in [-0.05, 0) is 24.3 Å². The number of aliphatic hydroxyl groups excluding tert-OH is 1. The molecule has 0 amide bonds. The summed E-state index contributed by atoms with van der Waals surface area (Å²) in [5.41, 5.74) is 0.570. The molecule has 0 saturated carbocycles. The molecule has 0 radical (unpaired) electrons. The maximum atomic E-state index is 10.1. The van der Waals surface area contributed by atoms with E-state index in [0.717, 1.165) is 4.88 Å². The third kappa shape index (κ3) is 3.15. The fraction of sp³-hybridized carbons (Fsp3) is 0.167. The minimum atomic E-state index is -0.717. The molecule has 1 heterocycles. The van der Waals surface area contributed by atoms with Gasteiger partial charge in [0.2, 0.25) is 0 Å². The lowest BCUT2D eigenvalue weighted by Gasteiger charge is -2.13. The van der Waals surface area contributed by atoms with Gasteiger partial charge in [0.15, 0.2) is 0 Å². The molecule has 0 bridgehead atoms. The molecule has 0 aliphatic carbocycles. The van der Waals surface area contributed by atoms with Crippen LogP contribution in [0.4, 0.5) is 0 Å². The fourth-order valence-corrected chi connectivity index (χ4v) is 3.36. The number of aliphatic hydroxyl groups is 1. The minimum absolute atomic E-state index is 0.459. The van der Waals surface area contributed by atoms with Gasteiger partial charge in [-0.25, -0.2) is 0 Å². The highest BCUT2D eigenvalue weighted by molar-refractivity contribution is 7.16. The van der Waals surface area contributed by atoms with E-state index in [1.165, 1.54) is 11.3 Å². The van der Waals surface area contributed by atoms with Crippen molar-refractivity contribution in [3.05, 3.63) is 55.2 Å². The van der Waals surface area contributed by atoms with Crippen molar-refractivity contribution in [1.82, 2.24) is 0 Å². The first-order valence-electron chi connectivity index (χ1n) is 4.94.